The number of ether oxygens (including phenoxy) is 1. The maximum absolute atomic E-state index is 12.0. The minimum atomic E-state index is -0.111. The van der Waals surface area contributed by atoms with Gasteiger partial charge in [-0.05, 0) is 24.1 Å². The van der Waals surface area contributed by atoms with Crippen molar-refractivity contribution in [3.05, 3.63) is 29.8 Å². The van der Waals surface area contributed by atoms with E-state index in [0.717, 1.165) is 12.8 Å². The van der Waals surface area contributed by atoms with Crippen LogP contribution in [0.25, 0.3) is 0 Å². The van der Waals surface area contributed by atoms with Gasteiger partial charge in [0.15, 0.2) is 0 Å². The van der Waals surface area contributed by atoms with Crippen molar-refractivity contribution in [1.82, 2.24) is 5.32 Å². The zero-order chi connectivity index (χ0) is 14.3. The van der Waals surface area contributed by atoms with Gasteiger partial charge < -0.3 is 15.8 Å². The highest BCUT2D eigenvalue weighted by molar-refractivity contribution is 5.94. The van der Waals surface area contributed by atoms with E-state index in [9.17, 15) is 4.79 Å². The van der Waals surface area contributed by atoms with E-state index in [0.29, 0.717) is 23.8 Å². The van der Waals surface area contributed by atoms with Crippen LogP contribution in [0.2, 0.25) is 0 Å². The molecule has 0 saturated heterocycles. The molecule has 0 aliphatic carbocycles. The number of rotatable bonds is 7. The van der Waals surface area contributed by atoms with Crippen molar-refractivity contribution in [3.8, 4) is 5.75 Å². The van der Waals surface area contributed by atoms with Crippen molar-refractivity contribution < 1.29 is 9.53 Å². The summed E-state index contributed by atoms with van der Waals surface area (Å²) in [7, 11) is 1.58. The fraction of sp³-hybridized carbons (Fsp3) is 0.533. The van der Waals surface area contributed by atoms with Gasteiger partial charge in [0, 0.05) is 18.2 Å². The Morgan fingerprint density at radius 2 is 2.05 bits per heavy atom. The molecule has 1 amide bonds. The third kappa shape index (κ3) is 4.56. The minimum absolute atomic E-state index is 0.00422. The molecule has 0 aliphatic rings. The molecule has 0 spiro atoms. The summed E-state index contributed by atoms with van der Waals surface area (Å²) in [4.78, 5) is 12.0. The van der Waals surface area contributed by atoms with Crippen LogP contribution in [0.5, 0.6) is 5.75 Å². The zero-order valence-electron chi connectivity index (χ0n) is 12.0. The van der Waals surface area contributed by atoms with Crippen LogP contribution in [0.3, 0.4) is 0 Å². The van der Waals surface area contributed by atoms with E-state index in [1.54, 1.807) is 25.3 Å². The van der Waals surface area contributed by atoms with Crippen molar-refractivity contribution in [1.29, 1.82) is 0 Å². The normalized spacial score (nSPS) is 12.3. The maximum atomic E-state index is 12.0. The Morgan fingerprint density at radius 3 is 2.63 bits per heavy atom. The third-order valence-corrected chi connectivity index (χ3v) is 3.48. The van der Waals surface area contributed by atoms with E-state index in [1.165, 1.54) is 0 Å². The number of carbonyl (C=O) groups is 1. The SMILES string of the molecule is CCC(CC)C(N)CNC(=O)c1cccc(OC)c1. The van der Waals surface area contributed by atoms with Gasteiger partial charge in [0.1, 0.15) is 5.75 Å². The highest BCUT2D eigenvalue weighted by atomic mass is 16.5. The molecule has 0 saturated carbocycles. The number of amides is 1. The van der Waals surface area contributed by atoms with Gasteiger partial charge in [0.25, 0.3) is 5.91 Å². The summed E-state index contributed by atoms with van der Waals surface area (Å²) in [5.41, 5.74) is 6.68. The summed E-state index contributed by atoms with van der Waals surface area (Å²) in [6.07, 6.45) is 2.07. The molecule has 0 fully saturated rings. The van der Waals surface area contributed by atoms with Gasteiger partial charge in [0.05, 0.1) is 7.11 Å². The van der Waals surface area contributed by atoms with Gasteiger partial charge in [-0.2, -0.15) is 0 Å². The number of hydrogen-bond acceptors (Lipinski definition) is 3. The molecule has 0 heterocycles. The summed E-state index contributed by atoms with van der Waals surface area (Å²) in [5.74, 6) is 1.02. The minimum Gasteiger partial charge on any atom is -0.497 e. The van der Waals surface area contributed by atoms with E-state index in [2.05, 4.69) is 19.2 Å². The molecule has 0 aliphatic heterocycles. The van der Waals surface area contributed by atoms with Crippen molar-refractivity contribution in [3.63, 3.8) is 0 Å². The molecule has 0 aromatic heterocycles. The number of nitrogens with two attached hydrogens (primary N) is 1. The van der Waals surface area contributed by atoms with Gasteiger partial charge in [-0.25, -0.2) is 0 Å². The predicted octanol–water partition coefficient (Wildman–Crippen LogP) is 2.19. The number of benzene rings is 1. The van der Waals surface area contributed by atoms with E-state index in [4.69, 9.17) is 10.5 Å². The van der Waals surface area contributed by atoms with Crippen LogP contribution >= 0.6 is 0 Å². The lowest BCUT2D eigenvalue weighted by Gasteiger charge is -2.21. The Bertz CT molecular complexity index is 403. The average molecular weight is 264 g/mol. The number of nitrogens with one attached hydrogen (secondary N) is 1. The predicted molar refractivity (Wildman–Crippen MR) is 77.4 cm³/mol. The second-order valence-electron chi connectivity index (χ2n) is 4.68. The van der Waals surface area contributed by atoms with E-state index in [1.807, 2.05) is 6.07 Å². The Balaban J connectivity index is 2.55. The lowest BCUT2D eigenvalue weighted by Crippen LogP contribution is -2.41. The van der Waals surface area contributed by atoms with Crippen LogP contribution in [0.1, 0.15) is 37.0 Å². The van der Waals surface area contributed by atoms with Crippen molar-refractivity contribution >= 4 is 5.91 Å². The molecule has 4 heteroatoms. The van der Waals surface area contributed by atoms with Gasteiger partial charge in [-0.3, -0.25) is 4.79 Å². The third-order valence-electron chi connectivity index (χ3n) is 3.48. The zero-order valence-corrected chi connectivity index (χ0v) is 12.0. The maximum Gasteiger partial charge on any atom is 0.251 e. The monoisotopic (exact) mass is 264 g/mol. The molecule has 0 bridgehead atoms. The molecule has 1 unspecified atom stereocenters. The van der Waals surface area contributed by atoms with Crippen molar-refractivity contribution in [2.75, 3.05) is 13.7 Å². The lowest BCUT2D eigenvalue weighted by molar-refractivity contribution is 0.0947. The molecule has 1 aromatic rings. The van der Waals surface area contributed by atoms with Gasteiger partial charge in [-0.15, -0.1) is 0 Å². The fourth-order valence-corrected chi connectivity index (χ4v) is 2.14. The van der Waals surface area contributed by atoms with Crippen LogP contribution < -0.4 is 15.8 Å². The summed E-state index contributed by atoms with van der Waals surface area (Å²) in [6.45, 7) is 4.75. The first-order valence-corrected chi connectivity index (χ1v) is 6.80. The molecule has 0 radical (unpaired) electrons. The molecule has 19 heavy (non-hydrogen) atoms. The Kier molecular flexibility index (Phi) is 6.36. The number of carbonyl (C=O) groups excluding carboxylic acids is 1. The van der Waals surface area contributed by atoms with Gasteiger partial charge >= 0.3 is 0 Å². The first-order valence-electron chi connectivity index (χ1n) is 6.80. The first kappa shape index (κ1) is 15.5. The van der Waals surface area contributed by atoms with E-state index < -0.39 is 0 Å². The van der Waals surface area contributed by atoms with Crippen LogP contribution in [-0.2, 0) is 0 Å². The highest BCUT2D eigenvalue weighted by Crippen LogP contribution is 2.13. The van der Waals surface area contributed by atoms with Crippen LogP contribution in [0.4, 0.5) is 0 Å². The molecule has 4 nitrogen and oxygen atoms in total. The average Bonchev–Trinajstić information content (AvgIpc) is 2.46. The molecule has 106 valence electrons. The smallest absolute Gasteiger partial charge is 0.251 e. The molecule has 1 rings (SSSR count). The van der Waals surface area contributed by atoms with E-state index in [-0.39, 0.29) is 11.9 Å². The molecular weight excluding hydrogens is 240 g/mol. The molecular formula is C15H24N2O2. The Morgan fingerprint density at radius 1 is 1.37 bits per heavy atom. The van der Waals surface area contributed by atoms with Crippen LogP contribution in [0.15, 0.2) is 24.3 Å². The number of hydrogen-bond donors (Lipinski definition) is 2. The van der Waals surface area contributed by atoms with Crippen LogP contribution in [-0.4, -0.2) is 25.6 Å². The second kappa shape index (κ2) is 7.79. The molecule has 3 N–H and O–H groups in total. The molecule has 1 aromatic carbocycles. The molecule has 1 atom stereocenters. The van der Waals surface area contributed by atoms with Crippen molar-refractivity contribution in [2.24, 2.45) is 11.7 Å². The van der Waals surface area contributed by atoms with Gasteiger partial charge in [-0.1, -0.05) is 32.8 Å². The Labute approximate surface area is 115 Å². The van der Waals surface area contributed by atoms with Crippen molar-refractivity contribution in [2.45, 2.75) is 32.7 Å². The van der Waals surface area contributed by atoms with E-state index >= 15 is 0 Å². The lowest BCUT2D eigenvalue weighted by atomic mass is 9.95. The second-order valence-corrected chi connectivity index (χ2v) is 4.68. The fourth-order valence-electron chi connectivity index (χ4n) is 2.14. The first-order chi connectivity index (χ1) is 9.12. The summed E-state index contributed by atoms with van der Waals surface area (Å²) in [6, 6.07) is 7.10. The number of methoxy groups -OCH3 is 1. The quantitative estimate of drug-likeness (QED) is 0.793. The Hall–Kier alpha value is -1.55. The standard InChI is InChI=1S/C15H24N2O2/c1-4-11(5-2)14(16)10-17-15(18)12-7-6-8-13(9-12)19-3/h6-9,11,14H,4-5,10,16H2,1-3H3,(H,17,18). The summed E-state index contributed by atoms with van der Waals surface area (Å²) >= 11 is 0. The highest BCUT2D eigenvalue weighted by Gasteiger charge is 2.15. The summed E-state index contributed by atoms with van der Waals surface area (Å²) < 4.78 is 5.10. The largest absolute Gasteiger partial charge is 0.497 e. The van der Waals surface area contributed by atoms with Gasteiger partial charge in [0.2, 0.25) is 0 Å². The van der Waals surface area contributed by atoms with Crippen LogP contribution in [0, 0.1) is 5.92 Å². The summed E-state index contributed by atoms with van der Waals surface area (Å²) in [5, 5.41) is 2.88. The topological polar surface area (TPSA) is 64.3 Å².